The summed E-state index contributed by atoms with van der Waals surface area (Å²) in [6.07, 6.45) is -0.424. The first-order valence-corrected chi connectivity index (χ1v) is 9.95. The van der Waals surface area contributed by atoms with Crippen LogP contribution in [-0.4, -0.2) is 69.9 Å². The van der Waals surface area contributed by atoms with Gasteiger partial charge in [-0.25, -0.2) is 4.79 Å². The summed E-state index contributed by atoms with van der Waals surface area (Å²) in [6.45, 7) is 9.83. The lowest BCUT2D eigenvalue weighted by atomic mass is 10.1. The van der Waals surface area contributed by atoms with Crippen LogP contribution in [0, 0.1) is 0 Å². The summed E-state index contributed by atoms with van der Waals surface area (Å²) in [7, 11) is 5.73. The fourth-order valence-electron chi connectivity index (χ4n) is 2.59. The minimum atomic E-state index is -0.505. The molecular weight excluding hydrogens is 370 g/mol. The van der Waals surface area contributed by atoms with Gasteiger partial charge in [-0.2, -0.15) is 0 Å². The van der Waals surface area contributed by atoms with Crippen molar-refractivity contribution in [2.24, 2.45) is 4.99 Å². The Kier molecular flexibility index (Phi) is 10.3. The van der Waals surface area contributed by atoms with Gasteiger partial charge in [0.25, 0.3) is 0 Å². The highest BCUT2D eigenvalue weighted by Crippen LogP contribution is 2.22. The standard InChI is InChI=1S/C21H37N5O3/c1-8-22-19(23-12-13-24-20(27)29-21(2,3)4)25-15-18(26(5)6)16-10-9-11-17(14-16)28-7/h9-11,14,18H,8,12-13,15H2,1-7H3,(H,24,27)(H2,22,23,25). The van der Waals surface area contributed by atoms with E-state index in [0.29, 0.717) is 25.6 Å². The summed E-state index contributed by atoms with van der Waals surface area (Å²) < 4.78 is 10.6. The van der Waals surface area contributed by atoms with Gasteiger partial charge in [0.2, 0.25) is 0 Å². The number of hydrogen-bond acceptors (Lipinski definition) is 5. The molecule has 1 aromatic rings. The smallest absolute Gasteiger partial charge is 0.407 e. The molecule has 1 aromatic carbocycles. The molecule has 1 unspecified atom stereocenters. The van der Waals surface area contributed by atoms with Gasteiger partial charge < -0.3 is 30.3 Å². The Hall–Kier alpha value is -2.48. The maximum Gasteiger partial charge on any atom is 0.407 e. The van der Waals surface area contributed by atoms with E-state index in [4.69, 9.17) is 14.5 Å². The zero-order valence-electron chi connectivity index (χ0n) is 18.8. The van der Waals surface area contributed by atoms with Crippen molar-refractivity contribution in [2.75, 3.05) is 47.4 Å². The Bertz CT molecular complexity index is 656. The van der Waals surface area contributed by atoms with Gasteiger partial charge in [-0.05, 0) is 59.5 Å². The first-order chi connectivity index (χ1) is 13.7. The van der Waals surface area contributed by atoms with E-state index in [1.807, 2.05) is 60.0 Å². The monoisotopic (exact) mass is 407 g/mol. The maximum absolute atomic E-state index is 11.7. The number of aliphatic imine (C=N–C) groups is 1. The van der Waals surface area contributed by atoms with Crippen molar-refractivity contribution in [3.63, 3.8) is 0 Å². The fourth-order valence-corrected chi connectivity index (χ4v) is 2.59. The van der Waals surface area contributed by atoms with E-state index in [0.717, 1.165) is 17.9 Å². The van der Waals surface area contributed by atoms with Crippen molar-refractivity contribution in [1.29, 1.82) is 0 Å². The van der Waals surface area contributed by atoms with Crippen LogP contribution in [0.25, 0.3) is 0 Å². The van der Waals surface area contributed by atoms with Gasteiger partial charge in [-0.3, -0.25) is 4.99 Å². The summed E-state index contributed by atoms with van der Waals surface area (Å²) in [4.78, 5) is 18.5. The molecule has 0 saturated carbocycles. The molecule has 0 aliphatic heterocycles. The Morgan fingerprint density at radius 3 is 2.45 bits per heavy atom. The molecule has 0 fully saturated rings. The molecule has 8 nitrogen and oxygen atoms in total. The predicted octanol–water partition coefficient (Wildman–Crippen LogP) is 2.38. The summed E-state index contributed by atoms with van der Waals surface area (Å²) in [5.41, 5.74) is 0.635. The topological polar surface area (TPSA) is 87.2 Å². The first kappa shape index (κ1) is 24.6. The lowest BCUT2D eigenvalue weighted by molar-refractivity contribution is 0.0529. The van der Waals surface area contributed by atoms with Crippen molar-refractivity contribution >= 4 is 12.1 Å². The van der Waals surface area contributed by atoms with Crippen molar-refractivity contribution in [1.82, 2.24) is 20.9 Å². The van der Waals surface area contributed by atoms with Gasteiger partial charge in [0.15, 0.2) is 5.96 Å². The third kappa shape index (κ3) is 10.0. The quantitative estimate of drug-likeness (QED) is 0.331. The van der Waals surface area contributed by atoms with E-state index in [-0.39, 0.29) is 6.04 Å². The minimum Gasteiger partial charge on any atom is -0.497 e. The molecule has 8 heteroatoms. The van der Waals surface area contributed by atoms with Gasteiger partial charge in [0, 0.05) is 19.6 Å². The molecule has 0 aromatic heterocycles. The summed E-state index contributed by atoms with van der Waals surface area (Å²) in [5.74, 6) is 1.53. The van der Waals surface area contributed by atoms with Gasteiger partial charge in [0.05, 0.1) is 19.7 Å². The average Bonchev–Trinajstić information content (AvgIpc) is 2.63. The molecule has 0 heterocycles. The number of likely N-dealkylation sites (N-methyl/N-ethyl adjacent to an activating group) is 1. The summed E-state index contributed by atoms with van der Waals surface area (Å²) in [6, 6.07) is 8.14. The van der Waals surface area contributed by atoms with Crippen molar-refractivity contribution < 1.29 is 14.3 Å². The van der Waals surface area contributed by atoms with E-state index in [2.05, 4.69) is 26.9 Å². The molecule has 0 saturated heterocycles. The van der Waals surface area contributed by atoms with E-state index < -0.39 is 11.7 Å². The van der Waals surface area contributed by atoms with Crippen LogP contribution in [0.2, 0.25) is 0 Å². The normalized spacial score (nSPS) is 13.0. The molecule has 1 rings (SSSR count). The number of benzene rings is 1. The van der Waals surface area contributed by atoms with E-state index in [9.17, 15) is 4.79 Å². The third-order valence-corrected chi connectivity index (χ3v) is 3.95. The highest BCUT2D eigenvalue weighted by Gasteiger charge is 2.16. The highest BCUT2D eigenvalue weighted by molar-refractivity contribution is 5.79. The third-order valence-electron chi connectivity index (χ3n) is 3.95. The lowest BCUT2D eigenvalue weighted by Crippen LogP contribution is -2.42. The number of nitrogens with zero attached hydrogens (tertiary/aromatic N) is 2. The van der Waals surface area contributed by atoms with Crippen LogP contribution in [0.3, 0.4) is 0 Å². The van der Waals surface area contributed by atoms with Crippen LogP contribution in [-0.2, 0) is 4.74 Å². The zero-order chi connectivity index (χ0) is 21.9. The van der Waals surface area contributed by atoms with Gasteiger partial charge in [0.1, 0.15) is 11.4 Å². The van der Waals surface area contributed by atoms with E-state index in [1.165, 1.54) is 0 Å². The van der Waals surface area contributed by atoms with E-state index in [1.54, 1.807) is 7.11 Å². The maximum atomic E-state index is 11.7. The number of amides is 1. The van der Waals surface area contributed by atoms with Crippen LogP contribution in [0.1, 0.15) is 39.3 Å². The number of guanidine groups is 1. The molecule has 0 aliphatic carbocycles. The van der Waals surface area contributed by atoms with Crippen LogP contribution < -0.4 is 20.7 Å². The van der Waals surface area contributed by atoms with Crippen LogP contribution in [0.15, 0.2) is 29.3 Å². The van der Waals surface area contributed by atoms with Crippen LogP contribution in [0.4, 0.5) is 4.79 Å². The van der Waals surface area contributed by atoms with E-state index >= 15 is 0 Å². The highest BCUT2D eigenvalue weighted by atomic mass is 16.6. The fraction of sp³-hybridized carbons (Fsp3) is 0.619. The summed E-state index contributed by atoms with van der Waals surface area (Å²) >= 11 is 0. The Morgan fingerprint density at radius 1 is 1.17 bits per heavy atom. The number of alkyl carbamates (subject to hydrolysis) is 1. The molecule has 1 amide bonds. The minimum absolute atomic E-state index is 0.112. The second-order valence-corrected chi connectivity index (χ2v) is 7.83. The van der Waals surface area contributed by atoms with Gasteiger partial charge in [-0.15, -0.1) is 0 Å². The molecule has 0 spiro atoms. The van der Waals surface area contributed by atoms with Crippen LogP contribution >= 0.6 is 0 Å². The lowest BCUT2D eigenvalue weighted by Gasteiger charge is -2.24. The van der Waals surface area contributed by atoms with Crippen LogP contribution in [0.5, 0.6) is 5.75 Å². The largest absolute Gasteiger partial charge is 0.497 e. The number of carbonyl (C=O) groups excluding carboxylic acids is 1. The zero-order valence-corrected chi connectivity index (χ0v) is 18.8. The van der Waals surface area contributed by atoms with Crippen molar-refractivity contribution in [3.05, 3.63) is 29.8 Å². The molecule has 29 heavy (non-hydrogen) atoms. The molecule has 164 valence electrons. The molecule has 1 atom stereocenters. The number of carbonyl (C=O) groups is 1. The number of methoxy groups -OCH3 is 1. The first-order valence-electron chi connectivity index (χ1n) is 9.95. The van der Waals surface area contributed by atoms with Gasteiger partial charge >= 0.3 is 6.09 Å². The number of hydrogen-bond donors (Lipinski definition) is 3. The second-order valence-electron chi connectivity index (χ2n) is 7.83. The Labute approximate surface area is 175 Å². The Morgan fingerprint density at radius 2 is 1.86 bits per heavy atom. The van der Waals surface area contributed by atoms with Crippen molar-refractivity contribution in [3.8, 4) is 5.75 Å². The molecule has 0 radical (unpaired) electrons. The molecule has 3 N–H and O–H groups in total. The Balaban J connectivity index is 2.65. The number of nitrogens with one attached hydrogen (secondary N) is 3. The van der Waals surface area contributed by atoms with Crippen molar-refractivity contribution in [2.45, 2.75) is 39.3 Å². The second kappa shape index (κ2) is 12.2. The molecule has 0 bridgehead atoms. The average molecular weight is 408 g/mol. The SMILES string of the molecule is CCNC(=NCC(c1cccc(OC)c1)N(C)C)NCCNC(=O)OC(C)(C)C. The number of rotatable bonds is 9. The summed E-state index contributed by atoms with van der Waals surface area (Å²) in [5, 5.41) is 9.19. The molecule has 0 aliphatic rings. The van der Waals surface area contributed by atoms with Gasteiger partial charge in [-0.1, -0.05) is 12.1 Å². The predicted molar refractivity (Wildman–Crippen MR) is 118 cm³/mol. The molecular formula is C21H37N5O3. The number of ether oxygens (including phenoxy) is 2.